The zero-order chi connectivity index (χ0) is 20.4. The third-order valence-electron chi connectivity index (χ3n) is 4.42. The maximum Gasteiger partial charge on any atom is 0.195 e. The van der Waals surface area contributed by atoms with E-state index in [0.29, 0.717) is 12.0 Å². The molecule has 0 amide bonds. The summed E-state index contributed by atoms with van der Waals surface area (Å²) >= 11 is 1.57. The SMILES string of the molecule is C=C(Cc1ccccc1C)C(=O)/C(Sc1ccccc1C)=C(/C)CC.CC. The van der Waals surface area contributed by atoms with Crippen molar-refractivity contribution in [2.75, 3.05) is 0 Å². The van der Waals surface area contributed by atoms with Crippen LogP contribution in [0.3, 0.4) is 0 Å². The second-order valence-electron chi connectivity index (χ2n) is 6.37. The molecule has 0 fully saturated rings. The number of benzene rings is 2. The van der Waals surface area contributed by atoms with E-state index in [1.54, 1.807) is 11.8 Å². The van der Waals surface area contributed by atoms with Gasteiger partial charge in [0.25, 0.3) is 0 Å². The lowest BCUT2D eigenvalue weighted by Gasteiger charge is -2.14. The average molecular weight is 381 g/mol. The molecule has 0 unspecified atom stereocenters. The molecule has 0 saturated heterocycles. The van der Waals surface area contributed by atoms with Crippen molar-refractivity contribution in [3.05, 3.63) is 87.9 Å². The summed E-state index contributed by atoms with van der Waals surface area (Å²) in [6.45, 7) is 16.4. The number of Topliss-reactive ketones (excluding diaryl/α,β-unsaturated/α-hetero) is 1. The van der Waals surface area contributed by atoms with Gasteiger partial charge in [-0.1, -0.05) is 87.1 Å². The maximum atomic E-state index is 13.1. The molecule has 144 valence electrons. The summed E-state index contributed by atoms with van der Waals surface area (Å²) in [6.07, 6.45) is 1.46. The number of allylic oxidation sites excluding steroid dienone is 3. The van der Waals surface area contributed by atoms with Crippen molar-refractivity contribution in [1.82, 2.24) is 0 Å². The summed E-state index contributed by atoms with van der Waals surface area (Å²) in [5.41, 5.74) is 5.31. The second kappa shape index (κ2) is 11.6. The Bertz CT molecular complexity index is 815. The Kier molecular flexibility index (Phi) is 9.88. The summed E-state index contributed by atoms with van der Waals surface area (Å²) in [4.78, 5) is 15.0. The van der Waals surface area contributed by atoms with Crippen LogP contribution in [-0.2, 0) is 11.2 Å². The first-order valence-electron chi connectivity index (χ1n) is 9.64. The summed E-state index contributed by atoms with van der Waals surface area (Å²) in [5, 5.41) is 0. The van der Waals surface area contributed by atoms with Crippen molar-refractivity contribution in [2.45, 2.75) is 59.3 Å². The van der Waals surface area contributed by atoms with Gasteiger partial charge in [0.05, 0.1) is 4.91 Å². The summed E-state index contributed by atoms with van der Waals surface area (Å²) < 4.78 is 0. The largest absolute Gasteiger partial charge is 0.288 e. The highest BCUT2D eigenvalue weighted by Crippen LogP contribution is 2.34. The van der Waals surface area contributed by atoms with E-state index in [2.05, 4.69) is 51.6 Å². The highest BCUT2D eigenvalue weighted by molar-refractivity contribution is 8.04. The van der Waals surface area contributed by atoms with E-state index in [1.807, 2.05) is 45.0 Å². The van der Waals surface area contributed by atoms with Crippen LogP contribution in [0, 0.1) is 13.8 Å². The fourth-order valence-corrected chi connectivity index (χ4v) is 3.70. The van der Waals surface area contributed by atoms with Gasteiger partial charge in [0.1, 0.15) is 0 Å². The second-order valence-corrected chi connectivity index (χ2v) is 7.42. The lowest BCUT2D eigenvalue weighted by molar-refractivity contribution is -0.111. The Morgan fingerprint density at radius 1 is 0.963 bits per heavy atom. The molecule has 0 radical (unpaired) electrons. The standard InChI is InChI=1S/C23H26OS.C2H6/c1-6-16(2)23(25-21-14-10-8-12-18(21)4)22(24)19(5)15-20-13-9-7-11-17(20)3;1-2/h7-14H,5-6,15H2,1-4H3;1-2H3/b23-16+;. The molecular formula is C25H32OS. The van der Waals surface area contributed by atoms with Crippen LogP contribution in [0.2, 0.25) is 0 Å². The van der Waals surface area contributed by atoms with Gasteiger partial charge in [0.2, 0.25) is 0 Å². The molecule has 2 aromatic rings. The van der Waals surface area contributed by atoms with Crippen LogP contribution in [0.1, 0.15) is 50.8 Å². The summed E-state index contributed by atoms with van der Waals surface area (Å²) in [7, 11) is 0. The Labute approximate surface area is 169 Å². The predicted octanol–water partition coefficient (Wildman–Crippen LogP) is 7.47. The van der Waals surface area contributed by atoms with Crippen molar-refractivity contribution in [1.29, 1.82) is 0 Å². The van der Waals surface area contributed by atoms with E-state index in [1.165, 1.54) is 11.1 Å². The van der Waals surface area contributed by atoms with Crippen molar-refractivity contribution >= 4 is 17.5 Å². The van der Waals surface area contributed by atoms with Crippen LogP contribution in [0.25, 0.3) is 0 Å². The first kappa shape index (κ1) is 23.0. The third-order valence-corrected chi connectivity index (χ3v) is 5.83. The fraction of sp³-hybridized carbons (Fsp3) is 0.320. The number of carbonyl (C=O) groups excluding carboxylic acids is 1. The zero-order valence-corrected chi connectivity index (χ0v) is 18.4. The lowest BCUT2D eigenvalue weighted by atomic mass is 9.98. The molecule has 0 N–H and O–H groups in total. The Morgan fingerprint density at radius 3 is 2.07 bits per heavy atom. The lowest BCUT2D eigenvalue weighted by Crippen LogP contribution is -2.08. The summed E-state index contributed by atoms with van der Waals surface area (Å²) in [6, 6.07) is 16.4. The number of hydrogen-bond acceptors (Lipinski definition) is 2. The summed E-state index contributed by atoms with van der Waals surface area (Å²) in [5.74, 6) is 0.0656. The van der Waals surface area contributed by atoms with Gasteiger partial charge in [-0.2, -0.15) is 0 Å². The molecule has 0 aliphatic carbocycles. The van der Waals surface area contributed by atoms with E-state index in [-0.39, 0.29) is 5.78 Å². The van der Waals surface area contributed by atoms with Crippen LogP contribution in [-0.4, -0.2) is 5.78 Å². The van der Waals surface area contributed by atoms with E-state index in [0.717, 1.165) is 27.4 Å². The van der Waals surface area contributed by atoms with Gasteiger partial charge >= 0.3 is 0 Å². The maximum absolute atomic E-state index is 13.1. The third kappa shape index (κ3) is 6.55. The number of hydrogen-bond donors (Lipinski definition) is 0. The molecule has 0 spiro atoms. The van der Waals surface area contributed by atoms with E-state index in [9.17, 15) is 4.79 Å². The van der Waals surface area contributed by atoms with Crippen LogP contribution < -0.4 is 0 Å². The van der Waals surface area contributed by atoms with Gasteiger partial charge in [-0.25, -0.2) is 0 Å². The van der Waals surface area contributed by atoms with Gasteiger partial charge < -0.3 is 0 Å². The van der Waals surface area contributed by atoms with E-state index < -0.39 is 0 Å². The molecule has 0 aliphatic rings. The molecule has 0 aliphatic heterocycles. The monoisotopic (exact) mass is 380 g/mol. The minimum Gasteiger partial charge on any atom is -0.288 e. The number of thioether (sulfide) groups is 1. The van der Waals surface area contributed by atoms with Crippen molar-refractivity contribution < 1.29 is 4.79 Å². The van der Waals surface area contributed by atoms with Gasteiger partial charge in [-0.15, -0.1) is 0 Å². The van der Waals surface area contributed by atoms with Crippen molar-refractivity contribution in [3.63, 3.8) is 0 Å². The smallest absolute Gasteiger partial charge is 0.195 e. The van der Waals surface area contributed by atoms with Crippen LogP contribution in [0.15, 0.2) is 76.1 Å². The average Bonchev–Trinajstić information content (AvgIpc) is 2.69. The molecule has 0 heterocycles. The fourth-order valence-electron chi connectivity index (χ4n) is 2.55. The molecule has 0 atom stereocenters. The highest BCUT2D eigenvalue weighted by Gasteiger charge is 2.18. The molecular weight excluding hydrogens is 348 g/mol. The molecule has 2 aromatic carbocycles. The minimum atomic E-state index is 0.0656. The Balaban J connectivity index is 0.00000176. The van der Waals surface area contributed by atoms with Crippen LogP contribution in [0.5, 0.6) is 0 Å². The number of ketones is 1. The molecule has 1 nitrogen and oxygen atoms in total. The van der Waals surface area contributed by atoms with Gasteiger partial charge in [0, 0.05) is 11.3 Å². The van der Waals surface area contributed by atoms with Crippen molar-refractivity contribution in [2.24, 2.45) is 0 Å². The van der Waals surface area contributed by atoms with Gasteiger partial charge in [-0.3, -0.25) is 4.79 Å². The first-order chi connectivity index (χ1) is 12.9. The van der Waals surface area contributed by atoms with Gasteiger partial charge in [-0.05, 0) is 55.5 Å². The van der Waals surface area contributed by atoms with Gasteiger partial charge in [0.15, 0.2) is 5.78 Å². The quantitative estimate of drug-likeness (QED) is 0.366. The molecule has 0 aromatic heterocycles. The number of aryl methyl sites for hydroxylation is 2. The predicted molar refractivity (Wildman–Crippen MR) is 120 cm³/mol. The molecule has 0 saturated carbocycles. The van der Waals surface area contributed by atoms with Crippen LogP contribution >= 0.6 is 11.8 Å². The zero-order valence-electron chi connectivity index (χ0n) is 17.6. The minimum absolute atomic E-state index is 0.0656. The number of carbonyl (C=O) groups is 1. The number of rotatable bonds is 7. The van der Waals surface area contributed by atoms with E-state index in [4.69, 9.17) is 0 Å². The molecule has 0 bridgehead atoms. The first-order valence-corrected chi connectivity index (χ1v) is 10.5. The molecule has 2 rings (SSSR count). The van der Waals surface area contributed by atoms with E-state index >= 15 is 0 Å². The Morgan fingerprint density at radius 2 is 1.52 bits per heavy atom. The topological polar surface area (TPSA) is 17.1 Å². The molecule has 2 heteroatoms. The normalized spacial score (nSPS) is 11.2. The molecule has 27 heavy (non-hydrogen) atoms. The Hall–Kier alpha value is -2.06. The van der Waals surface area contributed by atoms with Crippen LogP contribution in [0.4, 0.5) is 0 Å². The highest BCUT2D eigenvalue weighted by atomic mass is 32.2. The van der Waals surface area contributed by atoms with Crippen molar-refractivity contribution in [3.8, 4) is 0 Å².